The molecule has 1 heteroatoms. The molecule has 4 aromatic rings. The van der Waals surface area contributed by atoms with Gasteiger partial charge in [0, 0.05) is 18.3 Å². The average Bonchev–Trinajstić information content (AvgIpc) is 3.47. The summed E-state index contributed by atoms with van der Waals surface area (Å²) in [7, 11) is 0. The number of hydrogen-bond acceptors (Lipinski definition) is 1. The highest BCUT2D eigenvalue weighted by Gasteiger charge is 2.20. The van der Waals surface area contributed by atoms with E-state index in [1.54, 1.807) is 5.56 Å². The van der Waals surface area contributed by atoms with Crippen LogP contribution in [-0.4, -0.2) is 4.98 Å². The maximum absolute atomic E-state index is 4.20. The molecule has 0 radical (unpaired) electrons. The van der Waals surface area contributed by atoms with Crippen LogP contribution in [0.25, 0.3) is 0 Å². The van der Waals surface area contributed by atoms with Crippen LogP contribution in [0.5, 0.6) is 0 Å². The summed E-state index contributed by atoms with van der Waals surface area (Å²) in [5.74, 6) is 1.26. The Hall–Kier alpha value is -3.45. The molecule has 196 valence electrons. The summed E-state index contributed by atoms with van der Waals surface area (Å²) >= 11 is 0. The van der Waals surface area contributed by atoms with Crippen LogP contribution in [0.15, 0.2) is 110 Å². The molecular formula is C37H43N. The van der Waals surface area contributed by atoms with Crippen molar-refractivity contribution < 1.29 is 0 Å². The number of pyridine rings is 1. The van der Waals surface area contributed by atoms with Gasteiger partial charge >= 0.3 is 0 Å². The lowest BCUT2D eigenvalue weighted by Gasteiger charge is -2.22. The van der Waals surface area contributed by atoms with E-state index >= 15 is 0 Å². The maximum atomic E-state index is 4.20. The Balaban J connectivity index is 0.000000317. The first-order valence-electron chi connectivity index (χ1n) is 14.4. The van der Waals surface area contributed by atoms with Crippen LogP contribution in [0.4, 0.5) is 0 Å². The van der Waals surface area contributed by atoms with E-state index in [0.29, 0.717) is 5.92 Å². The van der Waals surface area contributed by atoms with Crippen molar-refractivity contribution in [2.75, 3.05) is 0 Å². The minimum absolute atomic E-state index is 0.381. The number of benzene rings is 3. The highest BCUT2D eigenvalue weighted by atomic mass is 14.6. The van der Waals surface area contributed by atoms with Crippen LogP contribution in [-0.2, 0) is 25.7 Å². The third-order valence-corrected chi connectivity index (χ3v) is 7.89. The molecule has 1 fully saturated rings. The molecule has 1 heterocycles. The van der Waals surface area contributed by atoms with Crippen molar-refractivity contribution in [3.8, 4) is 0 Å². The third kappa shape index (κ3) is 8.02. The van der Waals surface area contributed by atoms with Crippen LogP contribution in [0, 0.1) is 12.8 Å². The number of allylic oxidation sites excluding steroid dienone is 1. The Morgan fingerprint density at radius 1 is 0.816 bits per heavy atom. The smallest absolute Gasteiger partial charge is 0.0270 e. The predicted octanol–water partition coefficient (Wildman–Crippen LogP) is 9.47. The zero-order valence-corrected chi connectivity index (χ0v) is 23.3. The van der Waals surface area contributed by atoms with Crippen LogP contribution >= 0.6 is 0 Å². The highest BCUT2D eigenvalue weighted by Crippen LogP contribution is 2.33. The molecule has 3 aromatic carbocycles. The number of aromatic nitrogens is 1. The quantitative estimate of drug-likeness (QED) is 0.208. The van der Waals surface area contributed by atoms with E-state index in [-0.39, 0.29) is 0 Å². The summed E-state index contributed by atoms with van der Waals surface area (Å²) in [5, 5.41) is 0. The van der Waals surface area contributed by atoms with Gasteiger partial charge in [0.2, 0.25) is 0 Å². The first kappa shape index (κ1) is 27.6. The van der Waals surface area contributed by atoms with Gasteiger partial charge in [-0.3, -0.25) is 4.98 Å². The lowest BCUT2D eigenvalue weighted by atomic mass is 9.83. The van der Waals surface area contributed by atoms with E-state index in [1.165, 1.54) is 65.5 Å². The zero-order valence-electron chi connectivity index (χ0n) is 23.3. The molecule has 5 rings (SSSR count). The summed E-state index contributed by atoms with van der Waals surface area (Å²) in [4.78, 5) is 4.20. The largest absolute Gasteiger partial charge is 0.265 e. The van der Waals surface area contributed by atoms with Crippen molar-refractivity contribution in [1.82, 2.24) is 4.98 Å². The monoisotopic (exact) mass is 501 g/mol. The van der Waals surface area contributed by atoms with E-state index in [2.05, 4.69) is 92.1 Å². The van der Waals surface area contributed by atoms with Gasteiger partial charge in [0.15, 0.2) is 0 Å². The molecule has 1 saturated carbocycles. The van der Waals surface area contributed by atoms with Gasteiger partial charge in [-0.2, -0.15) is 0 Å². The van der Waals surface area contributed by atoms with Gasteiger partial charge in [0.1, 0.15) is 0 Å². The predicted molar refractivity (Wildman–Crippen MR) is 163 cm³/mol. The van der Waals surface area contributed by atoms with Gasteiger partial charge in [-0.1, -0.05) is 117 Å². The van der Waals surface area contributed by atoms with Gasteiger partial charge < -0.3 is 0 Å². The number of nitrogens with zero attached hydrogens (tertiary/aromatic N) is 1. The lowest BCUT2D eigenvalue weighted by Crippen LogP contribution is -2.08. The molecular weight excluding hydrogens is 458 g/mol. The normalized spacial score (nSPS) is 13.9. The Labute approximate surface area is 230 Å². The minimum atomic E-state index is 0.381. The molecule has 0 aliphatic heterocycles. The molecule has 0 N–H and O–H groups in total. The molecule has 38 heavy (non-hydrogen) atoms. The average molecular weight is 502 g/mol. The van der Waals surface area contributed by atoms with Crippen LogP contribution in [0.1, 0.15) is 77.5 Å². The van der Waals surface area contributed by atoms with E-state index < -0.39 is 0 Å². The number of aryl methyl sites for hydroxylation is 2. The van der Waals surface area contributed by atoms with Gasteiger partial charge in [-0.15, -0.1) is 6.58 Å². The molecule has 0 amide bonds. The molecule has 1 atom stereocenters. The Bertz CT molecular complexity index is 1240. The number of hydrogen-bond donors (Lipinski definition) is 0. The molecule has 1 unspecified atom stereocenters. The number of rotatable bonds is 9. The van der Waals surface area contributed by atoms with Crippen LogP contribution in [0.3, 0.4) is 0 Å². The van der Waals surface area contributed by atoms with Gasteiger partial charge in [0.25, 0.3) is 0 Å². The van der Waals surface area contributed by atoms with Crippen molar-refractivity contribution >= 4 is 0 Å². The fourth-order valence-corrected chi connectivity index (χ4v) is 5.69. The van der Waals surface area contributed by atoms with Gasteiger partial charge in [-0.05, 0) is 84.0 Å². The topological polar surface area (TPSA) is 12.9 Å². The van der Waals surface area contributed by atoms with E-state index in [4.69, 9.17) is 0 Å². The van der Waals surface area contributed by atoms with Crippen molar-refractivity contribution in [2.24, 2.45) is 5.92 Å². The fourth-order valence-electron chi connectivity index (χ4n) is 5.69. The molecule has 0 spiro atoms. The SMILES string of the molecule is C=CCc1ccccc1.CCc1ccc(C(Cc2ccncc2)c2ccc(C)cc2)cc1CC1CCCC1. The second kappa shape index (κ2) is 14.5. The standard InChI is InChI=1S/C28H33N.C9H10/c1-3-24-12-13-26(20-27(24)18-22-6-4-5-7-22)28(19-23-14-16-29-17-15-23)25-10-8-21(2)9-11-25;1-2-6-9-7-4-3-5-8-9/h8-17,20,22,28H,3-7,18-19H2,1-2H3;2-5,7-8H,1,6H2. The molecule has 1 aliphatic rings. The van der Waals surface area contributed by atoms with E-state index in [1.807, 2.05) is 36.7 Å². The first-order valence-corrected chi connectivity index (χ1v) is 14.4. The van der Waals surface area contributed by atoms with Gasteiger partial charge in [-0.25, -0.2) is 0 Å². The third-order valence-electron chi connectivity index (χ3n) is 7.89. The summed E-state index contributed by atoms with van der Waals surface area (Å²) in [6, 6.07) is 31.0. The highest BCUT2D eigenvalue weighted by molar-refractivity contribution is 5.41. The molecule has 1 nitrogen and oxygen atoms in total. The molecule has 0 bridgehead atoms. The summed E-state index contributed by atoms with van der Waals surface area (Å²) in [5.41, 5.74) is 9.98. The van der Waals surface area contributed by atoms with E-state index in [0.717, 1.165) is 25.2 Å². The second-order valence-electron chi connectivity index (χ2n) is 10.7. The second-order valence-corrected chi connectivity index (χ2v) is 10.7. The van der Waals surface area contributed by atoms with Gasteiger partial charge in [0.05, 0.1) is 0 Å². The van der Waals surface area contributed by atoms with Crippen molar-refractivity contribution in [3.05, 3.63) is 149 Å². The van der Waals surface area contributed by atoms with Crippen LogP contribution < -0.4 is 0 Å². The fraction of sp³-hybridized carbons (Fsp3) is 0.324. The summed E-state index contributed by atoms with van der Waals surface area (Å²) in [6.07, 6.45) is 15.8. The lowest BCUT2D eigenvalue weighted by molar-refractivity contribution is 0.543. The Morgan fingerprint density at radius 3 is 2.16 bits per heavy atom. The van der Waals surface area contributed by atoms with Crippen molar-refractivity contribution in [2.45, 2.75) is 71.1 Å². The Kier molecular flexibility index (Phi) is 10.5. The summed E-state index contributed by atoms with van der Waals surface area (Å²) < 4.78 is 0. The molecule has 1 aromatic heterocycles. The molecule has 1 aliphatic carbocycles. The first-order chi connectivity index (χ1) is 18.7. The van der Waals surface area contributed by atoms with Crippen LogP contribution in [0.2, 0.25) is 0 Å². The van der Waals surface area contributed by atoms with Crippen molar-refractivity contribution in [1.29, 1.82) is 0 Å². The maximum Gasteiger partial charge on any atom is 0.0270 e. The summed E-state index contributed by atoms with van der Waals surface area (Å²) in [6.45, 7) is 8.11. The van der Waals surface area contributed by atoms with E-state index in [9.17, 15) is 0 Å². The molecule has 0 saturated heterocycles. The minimum Gasteiger partial charge on any atom is -0.265 e. The Morgan fingerprint density at radius 2 is 1.50 bits per heavy atom. The zero-order chi connectivity index (χ0) is 26.6. The van der Waals surface area contributed by atoms with Crippen molar-refractivity contribution in [3.63, 3.8) is 0 Å².